The summed E-state index contributed by atoms with van der Waals surface area (Å²) < 4.78 is 92.0. The zero-order valence-electron chi connectivity index (χ0n) is 39.4. The molecule has 0 radical (unpaired) electrons. The van der Waals surface area contributed by atoms with Crippen LogP contribution in [0.3, 0.4) is 0 Å². The monoisotopic (exact) mass is 1090 g/mol. The van der Waals surface area contributed by atoms with Crippen molar-refractivity contribution < 1.29 is 34.7 Å². The van der Waals surface area contributed by atoms with Crippen LogP contribution in [0.2, 0.25) is 10.0 Å². The Balaban J connectivity index is 0.000000211. The average Bonchev–Trinajstić information content (AvgIpc) is 4.05. The molecule has 4 heterocycles. The summed E-state index contributed by atoms with van der Waals surface area (Å²) in [6, 6.07) is 34.4. The number of hydrogen-bond donors (Lipinski definition) is 0. The van der Waals surface area contributed by atoms with E-state index < -0.39 is 19.7 Å². The maximum Gasteiger partial charge on any atom is 0.255 e. The first-order valence-electron chi connectivity index (χ1n) is 22.0. The highest BCUT2D eigenvalue weighted by molar-refractivity contribution is 7.91. The predicted octanol–water partition coefficient (Wildman–Crippen LogP) is 12.8. The Morgan fingerprint density at radius 1 is 0.514 bits per heavy atom. The lowest BCUT2D eigenvalue weighted by Gasteiger charge is -2.17. The van der Waals surface area contributed by atoms with Gasteiger partial charge in [0.2, 0.25) is 0 Å². The van der Waals surface area contributed by atoms with E-state index in [1.54, 1.807) is 86.6 Å². The van der Waals surface area contributed by atoms with Gasteiger partial charge in [-0.05, 0) is 146 Å². The molecule has 0 aliphatic carbocycles. The van der Waals surface area contributed by atoms with Crippen LogP contribution in [0.1, 0.15) is 41.1 Å². The molecule has 0 bridgehead atoms. The van der Waals surface area contributed by atoms with Crippen molar-refractivity contribution in [1.29, 1.82) is 0 Å². The summed E-state index contributed by atoms with van der Waals surface area (Å²) in [7, 11) is -7.39. The van der Waals surface area contributed by atoms with Crippen molar-refractivity contribution in [3.63, 3.8) is 0 Å². The van der Waals surface area contributed by atoms with Gasteiger partial charge in [0.1, 0.15) is 35.7 Å². The minimum Gasteiger partial charge on any atom is -0.364 e. The van der Waals surface area contributed by atoms with Gasteiger partial charge in [-0.15, -0.1) is 0 Å². The van der Waals surface area contributed by atoms with E-state index in [0.29, 0.717) is 88.0 Å². The van der Waals surface area contributed by atoms with E-state index in [1.807, 2.05) is 13.8 Å². The highest BCUT2D eigenvalue weighted by atomic mass is 35.5. The van der Waals surface area contributed by atoms with Crippen LogP contribution in [0.15, 0.2) is 174 Å². The number of sulfone groups is 2. The van der Waals surface area contributed by atoms with Gasteiger partial charge in [0.15, 0.2) is 19.7 Å². The number of nitrogens with zero attached hydrogens (tertiary/aromatic N) is 4. The lowest BCUT2D eigenvalue weighted by atomic mass is 10.0. The van der Waals surface area contributed by atoms with Crippen LogP contribution < -0.4 is 11.1 Å². The fraction of sp³-hybridized carbons (Fsp3) is 0.127. The quantitative estimate of drug-likeness (QED) is 0.120. The van der Waals surface area contributed by atoms with Crippen LogP contribution in [0.5, 0.6) is 0 Å². The van der Waals surface area contributed by atoms with Crippen LogP contribution >= 0.6 is 33.1 Å². The third-order valence-corrected chi connectivity index (χ3v) is 16.0. The van der Waals surface area contributed by atoms with E-state index in [4.69, 9.17) is 32.2 Å². The van der Waals surface area contributed by atoms with E-state index in [2.05, 4.69) is 10.3 Å². The molecule has 10 rings (SSSR count). The summed E-state index contributed by atoms with van der Waals surface area (Å²) in [4.78, 5) is 26.5. The molecule has 12 nitrogen and oxygen atoms in total. The molecule has 0 spiro atoms. The first-order chi connectivity index (χ1) is 34.3. The Bertz CT molecular complexity index is 3870. The second kappa shape index (κ2) is 21.8. The zero-order valence-corrected chi connectivity index (χ0v) is 43.9. The number of pyridine rings is 2. The highest BCUT2D eigenvalue weighted by Crippen LogP contribution is 2.36. The van der Waals surface area contributed by atoms with E-state index in [-0.39, 0.29) is 61.4 Å². The Labute approximate surface area is 438 Å². The topological polar surface area (TPSA) is 164 Å². The van der Waals surface area contributed by atoms with Gasteiger partial charge in [-0.25, -0.2) is 25.6 Å². The van der Waals surface area contributed by atoms with Crippen molar-refractivity contribution in [1.82, 2.24) is 19.4 Å². The predicted molar refractivity (Wildman–Crippen MR) is 291 cm³/mol. The maximum atomic E-state index is 13.8. The first kappa shape index (κ1) is 54.7. The number of benzene rings is 6. The van der Waals surface area contributed by atoms with Crippen LogP contribution in [0.25, 0.3) is 55.4 Å². The van der Waals surface area contributed by atoms with E-state index >= 15 is 0 Å². The van der Waals surface area contributed by atoms with Gasteiger partial charge in [-0.1, -0.05) is 65.2 Å². The van der Waals surface area contributed by atoms with Crippen molar-refractivity contribution >= 4 is 74.6 Å². The Hall–Kier alpha value is -7.07. The molecule has 0 aliphatic rings. The SMILES string of the molecule is C.Cc1cc(-c2cccc(F)c2)c(Cl)cc1-n1c(=O)cc(C)c2cc(S(=O)(=O)Cc3ccon3)ccc21.Cc1cc(-c2cccc(F)c2)c(Cl)cc1-n1c(=O)cc(C)c2cc(S(=O)(=O)Cc3ccon3)ccc21.P. The standard InChI is InChI=1S/2C27H20ClFN2O4S.CH4.H3P/c2*1-16-11-27(32)31(26-14-24(28)23(10-17(26)2)18-4-3-5-19(29)12-18)25-7-6-21(13-22(16)25)36(33,34)15-20-8-9-35-30-20;;/h2*3-14H,15H2,1-2H3;1H4;1H3. The molecule has 6 aromatic carbocycles. The van der Waals surface area contributed by atoms with E-state index in [1.165, 1.54) is 82.3 Å². The second-order valence-corrected chi connectivity index (χ2v) is 21.9. The third kappa shape index (κ3) is 11.1. The molecule has 1 atom stereocenters. The number of rotatable bonds is 10. The molecule has 380 valence electrons. The van der Waals surface area contributed by atoms with Crippen molar-refractivity contribution in [3.8, 4) is 33.6 Å². The molecule has 10 aromatic rings. The Morgan fingerprint density at radius 3 is 1.26 bits per heavy atom. The summed E-state index contributed by atoms with van der Waals surface area (Å²) in [5.41, 5.74) is 7.53. The van der Waals surface area contributed by atoms with Crippen LogP contribution in [-0.4, -0.2) is 36.3 Å². The van der Waals surface area contributed by atoms with Gasteiger partial charge in [0.05, 0.1) is 53.6 Å². The molecule has 0 saturated carbocycles. The summed E-state index contributed by atoms with van der Waals surface area (Å²) in [5.74, 6) is -1.35. The fourth-order valence-corrected chi connectivity index (χ4v) is 11.7. The molecule has 0 N–H and O–H groups in total. The molecule has 0 amide bonds. The van der Waals surface area contributed by atoms with Gasteiger partial charge in [-0.2, -0.15) is 9.90 Å². The molecular weight excluding hydrogens is 1050 g/mol. The van der Waals surface area contributed by atoms with Crippen molar-refractivity contribution in [2.24, 2.45) is 0 Å². The van der Waals surface area contributed by atoms with Gasteiger partial charge in [0, 0.05) is 46.2 Å². The average molecular weight is 1100 g/mol. The Kier molecular flexibility index (Phi) is 16.1. The summed E-state index contributed by atoms with van der Waals surface area (Å²) >= 11 is 13.2. The third-order valence-electron chi connectivity index (χ3n) is 12.1. The van der Waals surface area contributed by atoms with Crippen molar-refractivity contribution in [2.45, 2.75) is 56.4 Å². The molecule has 0 saturated heterocycles. The molecule has 0 aliphatic heterocycles. The molecule has 0 fully saturated rings. The Morgan fingerprint density at radius 2 is 0.905 bits per heavy atom. The minimum atomic E-state index is -3.70. The molecule has 19 heteroatoms. The van der Waals surface area contributed by atoms with Crippen LogP contribution in [0.4, 0.5) is 8.78 Å². The van der Waals surface area contributed by atoms with E-state index in [0.717, 1.165) is 11.1 Å². The lowest BCUT2D eigenvalue weighted by Crippen LogP contribution is -2.19. The number of hydrogen-bond acceptors (Lipinski definition) is 10. The second-order valence-electron chi connectivity index (χ2n) is 17.1. The number of halogens is 4. The lowest BCUT2D eigenvalue weighted by molar-refractivity contribution is 0.413. The first-order valence-corrected chi connectivity index (χ1v) is 26.0. The summed E-state index contributed by atoms with van der Waals surface area (Å²) in [5, 5.41) is 9.32. The molecule has 74 heavy (non-hydrogen) atoms. The smallest absolute Gasteiger partial charge is 0.255 e. The zero-order chi connectivity index (χ0) is 51.2. The summed E-state index contributed by atoms with van der Waals surface area (Å²) in [6.07, 6.45) is 2.64. The van der Waals surface area contributed by atoms with Crippen LogP contribution in [-0.2, 0) is 31.2 Å². The summed E-state index contributed by atoms with van der Waals surface area (Å²) in [6.45, 7) is 7.19. The van der Waals surface area contributed by atoms with Gasteiger partial charge in [0.25, 0.3) is 11.1 Å². The normalized spacial score (nSPS) is 11.5. The largest absolute Gasteiger partial charge is 0.364 e. The van der Waals surface area contributed by atoms with Gasteiger partial charge >= 0.3 is 0 Å². The molecule has 4 aromatic heterocycles. The van der Waals surface area contributed by atoms with Gasteiger partial charge < -0.3 is 9.05 Å². The molecule has 1 unspecified atom stereocenters. The highest BCUT2D eigenvalue weighted by Gasteiger charge is 2.23. The maximum absolute atomic E-state index is 13.8. The van der Waals surface area contributed by atoms with Crippen molar-refractivity contribution in [3.05, 3.63) is 222 Å². The molecular formula is C55H47Cl2F2N4O8PS2. The number of aromatic nitrogens is 4. The number of aryl methyl sites for hydroxylation is 4. The number of fused-ring (bicyclic) bond motifs is 2. The van der Waals surface area contributed by atoms with Crippen LogP contribution in [0, 0.1) is 39.3 Å². The van der Waals surface area contributed by atoms with Gasteiger partial charge in [-0.3, -0.25) is 18.7 Å². The van der Waals surface area contributed by atoms with Crippen molar-refractivity contribution in [2.75, 3.05) is 0 Å². The minimum absolute atomic E-state index is 0. The van der Waals surface area contributed by atoms with E-state index in [9.17, 15) is 35.2 Å². The fourth-order valence-electron chi connectivity index (χ4n) is 8.59.